The lowest BCUT2D eigenvalue weighted by Crippen LogP contribution is -2.53. The fourth-order valence-electron chi connectivity index (χ4n) is 1.79. The highest BCUT2D eigenvalue weighted by Crippen LogP contribution is 2.38. The number of aliphatic hydroxyl groups excluding tert-OH is 1. The van der Waals surface area contributed by atoms with E-state index < -0.39 is 11.8 Å². The van der Waals surface area contributed by atoms with E-state index in [0.29, 0.717) is 13.2 Å². The molecule has 7 heteroatoms. The molecule has 1 saturated heterocycles. The van der Waals surface area contributed by atoms with Crippen LogP contribution >= 0.6 is 0 Å². The highest BCUT2D eigenvalue weighted by atomic mass is 19.4. The number of aliphatic hydroxyl groups is 2. The number of alkyl halides is 3. The first-order valence-electron chi connectivity index (χ1n) is 5.59. The highest BCUT2D eigenvalue weighted by molar-refractivity contribution is 4.91. The lowest BCUT2D eigenvalue weighted by Gasteiger charge is -2.39. The monoisotopic (exact) mass is 257 g/mol. The molecule has 0 saturated carbocycles. The van der Waals surface area contributed by atoms with Gasteiger partial charge in [-0.3, -0.25) is 0 Å². The van der Waals surface area contributed by atoms with E-state index in [1.54, 1.807) is 0 Å². The quantitative estimate of drug-likeness (QED) is 0.699. The molecule has 0 aromatic carbocycles. The van der Waals surface area contributed by atoms with Gasteiger partial charge in [0.05, 0.1) is 19.8 Å². The van der Waals surface area contributed by atoms with Crippen molar-refractivity contribution < 1.29 is 28.1 Å². The predicted molar refractivity (Wildman–Crippen MR) is 54.6 cm³/mol. The second kappa shape index (κ2) is 5.99. The molecule has 1 rings (SSSR count). The zero-order valence-electron chi connectivity index (χ0n) is 9.54. The van der Waals surface area contributed by atoms with Crippen molar-refractivity contribution in [3.05, 3.63) is 0 Å². The third-order valence-corrected chi connectivity index (χ3v) is 3.00. The summed E-state index contributed by atoms with van der Waals surface area (Å²) in [6.45, 7) is 1.49. The van der Waals surface area contributed by atoms with E-state index in [1.807, 2.05) is 4.90 Å². The normalized spacial score (nSPS) is 21.7. The predicted octanol–water partition coefficient (Wildman–Crippen LogP) is 0.384. The van der Waals surface area contributed by atoms with Crippen molar-refractivity contribution in [2.24, 2.45) is 0 Å². The van der Waals surface area contributed by atoms with E-state index in [2.05, 4.69) is 0 Å². The number of rotatable bonds is 5. The molecule has 0 aromatic rings. The van der Waals surface area contributed by atoms with Crippen LogP contribution in [0.2, 0.25) is 0 Å². The molecule has 0 radical (unpaired) electrons. The Morgan fingerprint density at radius 2 is 1.76 bits per heavy atom. The Morgan fingerprint density at radius 3 is 2.24 bits per heavy atom. The van der Waals surface area contributed by atoms with E-state index in [4.69, 9.17) is 9.84 Å². The fourth-order valence-corrected chi connectivity index (χ4v) is 1.79. The van der Waals surface area contributed by atoms with Gasteiger partial charge in [-0.2, -0.15) is 13.2 Å². The van der Waals surface area contributed by atoms with Crippen LogP contribution in [-0.4, -0.2) is 66.3 Å². The number of ether oxygens (including phenoxy) is 1. The SMILES string of the molecule is OCCOCCN1CCC(O)(C(F)(F)F)CC1. The summed E-state index contributed by atoms with van der Waals surface area (Å²) in [7, 11) is 0. The third-order valence-electron chi connectivity index (χ3n) is 3.00. The Hall–Kier alpha value is -0.370. The Morgan fingerprint density at radius 1 is 1.18 bits per heavy atom. The van der Waals surface area contributed by atoms with Gasteiger partial charge in [-0.05, 0) is 12.8 Å². The molecule has 1 aliphatic heterocycles. The van der Waals surface area contributed by atoms with Crippen LogP contribution in [0.1, 0.15) is 12.8 Å². The minimum Gasteiger partial charge on any atom is -0.394 e. The first-order valence-corrected chi connectivity index (χ1v) is 5.59. The molecule has 2 N–H and O–H groups in total. The van der Waals surface area contributed by atoms with E-state index >= 15 is 0 Å². The van der Waals surface area contributed by atoms with Gasteiger partial charge in [0.2, 0.25) is 0 Å². The zero-order valence-corrected chi connectivity index (χ0v) is 9.54. The number of likely N-dealkylation sites (tertiary alicyclic amines) is 1. The summed E-state index contributed by atoms with van der Waals surface area (Å²) in [4.78, 5) is 1.82. The van der Waals surface area contributed by atoms with Crippen molar-refractivity contribution in [2.75, 3.05) is 39.5 Å². The molecule has 0 aliphatic carbocycles. The van der Waals surface area contributed by atoms with E-state index in [-0.39, 0.29) is 39.1 Å². The van der Waals surface area contributed by atoms with Crippen molar-refractivity contribution in [1.29, 1.82) is 0 Å². The van der Waals surface area contributed by atoms with Gasteiger partial charge in [0, 0.05) is 19.6 Å². The maximum atomic E-state index is 12.5. The fraction of sp³-hybridized carbons (Fsp3) is 1.00. The van der Waals surface area contributed by atoms with Crippen molar-refractivity contribution in [3.8, 4) is 0 Å². The van der Waals surface area contributed by atoms with Crippen LogP contribution in [0.5, 0.6) is 0 Å². The summed E-state index contributed by atoms with van der Waals surface area (Å²) in [5.74, 6) is 0. The Labute approximate surface area is 98.0 Å². The van der Waals surface area contributed by atoms with E-state index in [9.17, 15) is 18.3 Å². The molecule has 0 unspecified atom stereocenters. The molecule has 102 valence electrons. The van der Waals surface area contributed by atoms with Crippen LogP contribution in [-0.2, 0) is 4.74 Å². The first kappa shape index (κ1) is 14.7. The van der Waals surface area contributed by atoms with E-state index in [1.165, 1.54) is 0 Å². The zero-order chi connectivity index (χ0) is 12.9. The molecule has 0 amide bonds. The van der Waals surface area contributed by atoms with Crippen LogP contribution in [0.4, 0.5) is 13.2 Å². The summed E-state index contributed by atoms with van der Waals surface area (Å²) in [6.07, 6.45) is -5.14. The molecule has 0 bridgehead atoms. The molecular formula is C10H18F3NO3. The van der Waals surface area contributed by atoms with Gasteiger partial charge in [-0.15, -0.1) is 0 Å². The molecule has 0 aromatic heterocycles. The minimum absolute atomic E-state index is 0.0617. The first-order chi connectivity index (χ1) is 7.89. The number of hydrogen-bond donors (Lipinski definition) is 2. The lowest BCUT2D eigenvalue weighted by molar-refractivity contribution is -0.272. The van der Waals surface area contributed by atoms with Crippen LogP contribution < -0.4 is 0 Å². The van der Waals surface area contributed by atoms with Crippen LogP contribution in [0.15, 0.2) is 0 Å². The maximum absolute atomic E-state index is 12.5. The summed E-state index contributed by atoms with van der Waals surface area (Å²) in [5, 5.41) is 17.9. The number of nitrogens with zero attached hydrogens (tertiary/aromatic N) is 1. The average Bonchev–Trinajstić information content (AvgIpc) is 2.25. The molecule has 1 aliphatic rings. The topological polar surface area (TPSA) is 52.9 Å². The third kappa shape index (κ3) is 4.09. The van der Waals surface area contributed by atoms with Crippen LogP contribution in [0.25, 0.3) is 0 Å². The van der Waals surface area contributed by atoms with E-state index in [0.717, 1.165) is 0 Å². The highest BCUT2D eigenvalue weighted by Gasteiger charge is 2.54. The van der Waals surface area contributed by atoms with Gasteiger partial charge >= 0.3 is 6.18 Å². The Balaban J connectivity index is 2.26. The van der Waals surface area contributed by atoms with Crippen LogP contribution in [0, 0.1) is 0 Å². The number of hydrogen-bond acceptors (Lipinski definition) is 4. The molecule has 4 nitrogen and oxygen atoms in total. The summed E-state index contributed by atoms with van der Waals surface area (Å²) >= 11 is 0. The van der Waals surface area contributed by atoms with Gasteiger partial charge < -0.3 is 19.8 Å². The van der Waals surface area contributed by atoms with Gasteiger partial charge in [0.25, 0.3) is 0 Å². The molecule has 1 fully saturated rings. The lowest BCUT2D eigenvalue weighted by atomic mass is 9.91. The maximum Gasteiger partial charge on any atom is 0.417 e. The Kier molecular flexibility index (Phi) is 5.18. The molecular weight excluding hydrogens is 239 g/mol. The molecule has 17 heavy (non-hydrogen) atoms. The second-order valence-corrected chi connectivity index (χ2v) is 4.21. The second-order valence-electron chi connectivity index (χ2n) is 4.21. The van der Waals surface area contributed by atoms with Crippen molar-refractivity contribution in [2.45, 2.75) is 24.6 Å². The smallest absolute Gasteiger partial charge is 0.394 e. The summed E-state index contributed by atoms with van der Waals surface area (Å²) in [5.41, 5.74) is -2.53. The summed E-state index contributed by atoms with van der Waals surface area (Å²) < 4.78 is 42.5. The van der Waals surface area contributed by atoms with Gasteiger partial charge in [0.15, 0.2) is 5.60 Å². The number of piperidine rings is 1. The average molecular weight is 257 g/mol. The molecule has 0 atom stereocenters. The van der Waals surface area contributed by atoms with Gasteiger partial charge in [0.1, 0.15) is 0 Å². The molecule has 0 spiro atoms. The molecule has 1 heterocycles. The summed E-state index contributed by atoms with van der Waals surface area (Å²) in [6, 6.07) is 0. The van der Waals surface area contributed by atoms with Crippen LogP contribution in [0.3, 0.4) is 0 Å². The number of halogens is 3. The van der Waals surface area contributed by atoms with Crippen molar-refractivity contribution in [3.63, 3.8) is 0 Å². The largest absolute Gasteiger partial charge is 0.417 e. The van der Waals surface area contributed by atoms with Gasteiger partial charge in [-0.25, -0.2) is 0 Å². The minimum atomic E-state index is -4.55. The Bertz CT molecular complexity index is 227. The van der Waals surface area contributed by atoms with Crippen molar-refractivity contribution in [1.82, 2.24) is 4.90 Å². The van der Waals surface area contributed by atoms with Gasteiger partial charge in [-0.1, -0.05) is 0 Å². The van der Waals surface area contributed by atoms with Crippen molar-refractivity contribution >= 4 is 0 Å². The standard InChI is InChI=1S/C10H18F3NO3/c11-10(12,13)9(16)1-3-14(4-2-9)5-7-17-8-6-15/h15-16H,1-8H2.